The van der Waals surface area contributed by atoms with Gasteiger partial charge in [-0.2, -0.15) is 0 Å². The molecule has 1 heterocycles. The highest BCUT2D eigenvalue weighted by molar-refractivity contribution is 8.16. The molecule has 0 aromatic rings. The molecular formula is C15H24N2OS. The van der Waals surface area contributed by atoms with E-state index in [0.29, 0.717) is 0 Å². The standard InChI is InChI=1S/C15H24N2OS/c18-13-15(9-5-2-6-10-15)19-14(17-13)16-11-12-7-3-1-4-8-12/h12H,1-11H2,(H,16,17,18). The minimum Gasteiger partial charge on any atom is -0.304 e. The van der Waals surface area contributed by atoms with Crippen LogP contribution < -0.4 is 5.32 Å². The highest BCUT2D eigenvalue weighted by Gasteiger charge is 2.46. The van der Waals surface area contributed by atoms with Gasteiger partial charge in [0.05, 0.1) is 0 Å². The molecule has 3 aliphatic rings. The minimum atomic E-state index is -0.163. The predicted molar refractivity (Wildman–Crippen MR) is 80.4 cm³/mol. The molecule has 1 saturated heterocycles. The Morgan fingerprint density at radius 1 is 1.11 bits per heavy atom. The van der Waals surface area contributed by atoms with Gasteiger partial charge in [0.1, 0.15) is 4.75 Å². The van der Waals surface area contributed by atoms with Crippen molar-refractivity contribution in [3.05, 3.63) is 0 Å². The zero-order valence-corrected chi connectivity index (χ0v) is 12.4. The van der Waals surface area contributed by atoms with Gasteiger partial charge < -0.3 is 5.32 Å². The molecule has 0 atom stereocenters. The summed E-state index contributed by atoms with van der Waals surface area (Å²) < 4.78 is -0.163. The maximum Gasteiger partial charge on any atom is 0.242 e. The number of hydrogen-bond donors (Lipinski definition) is 1. The molecule has 4 heteroatoms. The highest BCUT2D eigenvalue weighted by Crippen LogP contribution is 2.43. The van der Waals surface area contributed by atoms with Crippen LogP contribution in [0.3, 0.4) is 0 Å². The van der Waals surface area contributed by atoms with Crippen molar-refractivity contribution in [3.63, 3.8) is 0 Å². The number of nitrogens with zero attached hydrogens (tertiary/aromatic N) is 1. The fourth-order valence-electron chi connectivity index (χ4n) is 3.57. The average Bonchev–Trinajstić information content (AvgIpc) is 2.75. The first-order chi connectivity index (χ1) is 9.28. The lowest BCUT2D eigenvalue weighted by Crippen LogP contribution is -2.38. The van der Waals surface area contributed by atoms with Gasteiger partial charge in [0, 0.05) is 6.54 Å². The van der Waals surface area contributed by atoms with Crippen molar-refractivity contribution in [2.45, 2.75) is 69.0 Å². The molecule has 3 fully saturated rings. The van der Waals surface area contributed by atoms with Crippen LogP contribution >= 0.6 is 11.8 Å². The zero-order chi connectivity index (χ0) is 13.1. The van der Waals surface area contributed by atoms with E-state index in [9.17, 15) is 4.79 Å². The molecule has 1 N–H and O–H groups in total. The first-order valence-electron chi connectivity index (χ1n) is 7.83. The summed E-state index contributed by atoms with van der Waals surface area (Å²) in [5.74, 6) is 0.973. The Morgan fingerprint density at radius 2 is 1.79 bits per heavy atom. The molecular weight excluding hydrogens is 256 g/mol. The molecule has 3 nitrogen and oxygen atoms in total. The first-order valence-corrected chi connectivity index (χ1v) is 8.65. The van der Waals surface area contributed by atoms with Gasteiger partial charge in [-0.15, -0.1) is 0 Å². The van der Waals surface area contributed by atoms with Crippen LogP contribution in [0.1, 0.15) is 64.2 Å². The van der Waals surface area contributed by atoms with Crippen LogP contribution in [-0.2, 0) is 4.79 Å². The molecule has 106 valence electrons. The maximum absolute atomic E-state index is 12.2. The van der Waals surface area contributed by atoms with Crippen LogP contribution in [0.4, 0.5) is 0 Å². The molecule has 0 aromatic carbocycles. The molecule has 2 saturated carbocycles. The third-order valence-corrected chi connectivity index (χ3v) is 6.21. The van der Waals surface area contributed by atoms with Gasteiger partial charge in [-0.05, 0) is 31.6 Å². The summed E-state index contributed by atoms with van der Waals surface area (Å²) >= 11 is 1.72. The van der Waals surface area contributed by atoms with Gasteiger partial charge in [0.2, 0.25) is 5.91 Å². The van der Waals surface area contributed by atoms with E-state index in [4.69, 9.17) is 4.99 Å². The van der Waals surface area contributed by atoms with Crippen molar-refractivity contribution >= 4 is 22.8 Å². The second-order valence-electron chi connectivity index (χ2n) is 6.26. The number of hydrogen-bond acceptors (Lipinski definition) is 3. The van der Waals surface area contributed by atoms with Gasteiger partial charge >= 0.3 is 0 Å². The van der Waals surface area contributed by atoms with Crippen molar-refractivity contribution in [3.8, 4) is 0 Å². The molecule has 1 aliphatic heterocycles. The first kappa shape index (κ1) is 13.5. The Labute approximate surface area is 120 Å². The molecule has 3 rings (SSSR count). The quantitative estimate of drug-likeness (QED) is 0.841. The fourth-order valence-corrected chi connectivity index (χ4v) is 4.86. The summed E-state index contributed by atoms with van der Waals surface area (Å²) in [5, 5.41) is 3.93. The Bertz CT molecular complexity index is 368. The largest absolute Gasteiger partial charge is 0.304 e. The number of rotatable bonds is 2. The van der Waals surface area contributed by atoms with Crippen molar-refractivity contribution in [1.29, 1.82) is 0 Å². The van der Waals surface area contributed by atoms with Gasteiger partial charge in [0.15, 0.2) is 5.17 Å². The number of nitrogens with one attached hydrogen (secondary N) is 1. The van der Waals surface area contributed by atoms with E-state index in [1.807, 2.05) is 0 Å². The van der Waals surface area contributed by atoms with E-state index in [1.54, 1.807) is 11.8 Å². The maximum atomic E-state index is 12.2. The van der Waals surface area contributed by atoms with Crippen molar-refractivity contribution in [2.75, 3.05) is 6.54 Å². The van der Waals surface area contributed by atoms with Crippen LogP contribution in [0.5, 0.6) is 0 Å². The van der Waals surface area contributed by atoms with E-state index >= 15 is 0 Å². The van der Waals surface area contributed by atoms with Crippen LogP contribution in [0, 0.1) is 5.92 Å². The Morgan fingerprint density at radius 3 is 2.53 bits per heavy atom. The van der Waals surface area contributed by atoms with Crippen molar-refractivity contribution in [2.24, 2.45) is 10.9 Å². The van der Waals surface area contributed by atoms with Crippen LogP contribution in [0.15, 0.2) is 4.99 Å². The van der Waals surface area contributed by atoms with E-state index in [0.717, 1.165) is 30.5 Å². The molecule has 1 spiro atoms. The average molecular weight is 280 g/mol. The Balaban J connectivity index is 1.59. The molecule has 19 heavy (non-hydrogen) atoms. The molecule has 2 aliphatic carbocycles. The Hall–Kier alpha value is -0.510. The zero-order valence-electron chi connectivity index (χ0n) is 11.6. The predicted octanol–water partition coefficient (Wildman–Crippen LogP) is 3.49. The topological polar surface area (TPSA) is 41.5 Å². The monoisotopic (exact) mass is 280 g/mol. The number of amides is 1. The van der Waals surface area contributed by atoms with E-state index in [1.165, 1.54) is 51.4 Å². The molecule has 1 amide bonds. The fraction of sp³-hybridized carbons (Fsp3) is 0.867. The van der Waals surface area contributed by atoms with Gasteiger partial charge in [-0.25, -0.2) is 0 Å². The van der Waals surface area contributed by atoms with Gasteiger partial charge in [0.25, 0.3) is 0 Å². The summed E-state index contributed by atoms with van der Waals surface area (Å²) in [6.07, 6.45) is 12.5. The van der Waals surface area contributed by atoms with E-state index in [2.05, 4.69) is 5.32 Å². The van der Waals surface area contributed by atoms with Gasteiger partial charge in [-0.1, -0.05) is 50.3 Å². The SMILES string of the molecule is O=C1NC(=NCC2CCCCC2)SC12CCCCC2. The number of aliphatic imine (C=N–C) groups is 1. The van der Waals surface area contributed by atoms with Crippen molar-refractivity contribution in [1.82, 2.24) is 5.32 Å². The molecule has 0 unspecified atom stereocenters. The summed E-state index contributed by atoms with van der Waals surface area (Å²) in [7, 11) is 0. The Kier molecular flexibility index (Phi) is 4.15. The lowest BCUT2D eigenvalue weighted by Gasteiger charge is -2.28. The number of carbonyl (C=O) groups excluding carboxylic acids is 1. The second-order valence-corrected chi connectivity index (χ2v) is 7.63. The molecule has 0 bridgehead atoms. The lowest BCUT2D eigenvalue weighted by atomic mass is 9.88. The van der Waals surface area contributed by atoms with Crippen molar-refractivity contribution < 1.29 is 4.79 Å². The minimum absolute atomic E-state index is 0.163. The summed E-state index contributed by atoms with van der Waals surface area (Å²) in [6.45, 7) is 0.915. The number of amidine groups is 1. The third-order valence-electron chi connectivity index (χ3n) is 4.81. The summed E-state index contributed by atoms with van der Waals surface area (Å²) in [4.78, 5) is 16.9. The lowest BCUT2D eigenvalue weighted by molar-refractivity contribution is -0.122. The summed E-state index contributed by atoms with van der Waals surface area (Å²) in [6, 6.07) is 0. The molecule has 0 radical (unpaired) electrons. The van der Waals surface area contributed by atoms with E-state index in [-0.39, 0.29) is 10.7 Å². The van der Waals surface area contributed by atoms with Crippen LogP contribution in [-0.4, -0.2) is 22.4 Å². The smallest absolute Gasteiger partial charge is 0.242 e. The van der Waals surface area contributed by atoms with E-state index < -0.39 is 0 Å². The van der Waals surface area contributed by atoms with Crippen LogP contribution in [0.2, 0.25) is 0 Å². The normalized spacial score (nSPS) is 29.9. The number of thioether (sulfide) groups is 1. The number of carbonyl (C=O) groups is 1. The van der Waals surface area contributed by atoms with Crippen LogP contribution in [0.25, 0.3) is 0 Å². The highest BCUT2D eigenvalue weighted by atomic mass is 32.2. The third kappa shape index (κ3) is 2.99. The second kappa shape index (κ2) is 5.86. The molecule has 0 aromatic heterocycles. The van der Waals surface area contributed by atoms with Gasteiger partial charge in [-0.3, -0.25) is 9.79 Å². The summed E-state index contributed by atoms with van der Waals surface area (Å²) in [5.41, 5.74) is 0.